The van der Waals surface area contributed by atoms with E-state index in [1.165, 1.54) is 0 Å². The molecule has 1 unspecified atom stereocenters. The van der Waals surface area contributed by atoms with Crippen molar-refractivity contribution in [2.75, 3.05) is 0 Å². The first kappa shape index (κ1) is 18.0. The van der Waals surface area contributed by atoms with Crippen molar-refractivity contribution < 1.29 is 19.1 Å². The Labute approximate surface area is 163 Å². The average molecular weight is 372 g/mol. The summed E-state index contributed by atoms with van der Waals surface area (Å²) in [5.74, 6) is -0.0567. The smallest absolute Gasteiger partial charge is 0.343 e. The summed E-state index contributed by atoms with van der Waals surface area (Å²) < 4.78 is 11.4. The molecule has 0 bridgehead atoms. The fraction of sp³-hybridized carbons (Fsp3) is 0.167. The molecule has 28 heavy (non-hydrogen) atoms. The van der Waals surface area contributed by atoms with Crippen LogP contribution < -0.4 is 9.47 Å². The number of allylic oxidation sites excluding steroid dienone is 2. The van der Waals surface area contributed by atoms with Crippen LogP contribution in [0.25, 0.3) is 10.8 Å². The number of carbonyl (C=O) groups excluding carboxylic acids is 2. The molecule has 1 aliphatic rings. The summed E-state index contributed by atoms with van der Waals surface area (Å²) in [6, 6.07) is 19.7. The van der Waals surface area contributed by atoms with Crippen LogP contribution >= 0.6 is 0 Å². The Morgan fingerprint density at radius 2 is 1.50 bits per heavy atom. The van der Waals surface area contributed by atoms with E-state index < -0.39 is 5.97 Å². The molecule has 4 heteroatoms. The van der Waals surface area contributed by atoms with Crippen molar-refractivity contribution in [3.8, 4) is 11.5 Å². The van der Waals surface area contributed by atoms with E-state index in [1.807, 2.05) is 36.4 Å². The zero-order valence-electron chi connectivity index (χ0n) is 15.3. The minimum absolute atomic E-state index is 0.140. The molecule has 4 rings (SSSR count). The molecule has 1 atom stereocenters. The van der Waals surface area contributed by atoms with Crippen molar-refractivity contribution >= 4 is 22.7 Å². The third-order valence-electron chi connectivity index (χ3n) is 4.85. The first-order valence-corrected chi connectivity index (χ1v) is 9.38. The summed E-state index contributed by atoms with van der Waals surface area (Å²) >= 11 is 0. The van der Waals surface area contributed by atoms with Gasteiger partial charge in [0.15, 0.2) is 0 Å². The van der Waals surface area contributed by atoms with Gasteiger partial charge in [-0.3, -0.25) is 4.79 Å². The van der Waals surface area contributed by atoms with Crippen molar-refractivity contribution in [3.05, 3.63) is 84.4 Å². The van der Waals surface area contributed by atoms with Gasteiger partial charge >= 0.3 is 11.9 Å². The second-order valence-corrected chi connectivity index (χ2v) is 6.77. The van der Waals surface area contributed by atoms with Crippen LogP contribution in [0.2, 0.25) is 0 Å². The molecular weight excluding hydrogens is 352 g/mol. The standard InChI is InChI=1S/C24H20O4/c25-23(18-9-3-1-4-10-18)27-20-15-7-13-17-14-8-16-21(22(17)20)28-24(26)19-11-5-2-6-12-19/h1-5,7-10,13-16,19H,6,11-12H2. The van der Waals surface area contributed by atoms with Gasteiger partial charge in [0.05, 0.1) is 16.9 Å². The SMILES string of the molecule is O=C(Oc1cccc2cccc(OC(=O)C3CC=CCC3)c12)c1ccccc1. The molecule has 0 spiro atoms. The molecule has 0 aliphatic heterocycles. The predicted molar refractivity (Wildman–Crippen MR) is 107 cm³/mol. The lowest BCUT2D eigenvalue weighted by molar-refractivity contribution is -0.139. The zero-order valence-corrected chi connectivity index (χ0v) is 15.3. The van der Waals surface area contributed by atoms with E-state index in [-0.39, 0.29) is 11.9 Å². The maximum absolute atomic E-state index is 12.6. The van der Waals surface area contributed by atoms with Gasteiger partial charge in [-0.05, 0) is 48.9 Å². The van der Waals surface area contributed by atoms with Crippen LogP contribution in [0.1, 0.15) is 29.6 Å². The van der Waals surface area contributed by atoms with Crippen LogP contribution in [0.3, 0.4) is 0 Å². The summed E-state index contributed by atoms with van der Waals surface area (Å²) in [7, 11) is 0. The summed E-state index contributed by atoms with van der Waals surface area (Å²) in [4.78, 5) is 25.1. The van der Waals surface area contributed by atoms with Crippen LogP contribution in [-0.4, -0.2) is 11.9 Å². The Hall–Kier alpha value is -3.40. The Morgan fingerprint density at radius 1 is 0.786 bits per heavy atom. The summed E-state index contributed by atoms with van der Waals surface area (Å²) in [6.07, 6.45) is 6.47. The third kappa shape index (κ3) is 3.81. The molecule has 1 aliphatic carbocycles. The van der Waals surface area contributed by atoms with E-state index in [1.54, 1.807) is 36.4 Å². The zero-order chi connectivity index (χ0) is 19.3. The normalized spacial score (nSPS) is 15.9. The van der Waals surface area contributed by atoms with E-state index >= 15 is 0 Å². The maximum atomic E-state index is 12.6. The van der Waals surface area contributed by atoms with E-state index in [4.69, 9.17) is 9.47 Å². The average Bonchev–Trinajstić information content (AvgIpc) is 2.75. The molecule has 0 amide bonds. The molecule has 0 radical (unpaired) electrons. The largest absolute Gasteiger partial charge is 0.426 e. The number of benzene rings is 3. The monoisotopic (exact) mass is 372 g/mol. The number of carbonyl (C=O) groups is 2. The molecule has 0 heterocycles. The summed E-state index contributed by atoms with van der Waals surface area (Å²) in [6.45, 7) is 0. The van der Waals surface area contributed by atoms with Crippen LogP contribution in [0.4, 0.5) is 0 Å². The van der Waals surface area contributed by atoms with Crippen molar-refractivity contribution in [1.82, 2.24) is 0 Å². The molecule has 0 saturated heterocycles. The highest BCUT2D eigenvalue weighted by atomic mass is 16.5. The molecule has 0 fully saturated rings. The van der Waals surface area contributed by atoms with Crippen LogP contribution in [0.15, 0.2) is 78.9 Å². The summed E-state index contributed by atoms with van der Waals surface area (Å²) in [5.41, 5.74) is 0.461. The fourth-order valence-corrected chi connectivity index (χ4v) is 3.38. The number of rotatable bonds is 4. The van der Waals surface area contributed by atoms with Gasteiger partial charge in [-0.25, -0.2) is 4.79 Å². The van der Waals surface area contributed by atoms with Gasteiger partial charge in [0, 0.05) is 0 Å². The molecule has 0 N–H and O–H groups in total. The number of hydrogen-bond acceptors (Lipinski definition) is 4. The first-order valence-electron chi connectivity index (χ1n) is 9.38. The van der Waals surface area contributed by atoms with Gasteiger partial charge in [0.1, 0.15) is 11.5 Å². The van der Waals surface area contributed by atoms with Gasteiger partial charge < -0.3 is 9.47 Å². The molecule has 4 nitrogen and oxygen atoms in total. The maximum Gasteiger partial charge on any atom is 0.343 e. The molecule has 140 valence electrons. The Bertz CT molecular complexity index is 1030. The van der Waals surface area contributed by atoms with Gasteiger partial charge in [-0.2, -0.15) is 0 Å². The minimum atomic E-state index is -0.452. The van der Waals surface area contributed by atoms with Crippen molar-refractivity contribution in [3.63, 3.8) is 0 Å². The molecule has 3 aromatic rings. The van der Waals surface area contributed by atoms with Crippen molar-refractivity contribution in [1.29, 1.82) is 0 Å². The van der Waals surface area contributed by atoms with E-state index in [0.717, 1.165) is 18.2 Å². The van der Waals surface area contributed by atoms with Crippen molar-refractivity contribution in [2.24, 2.45) is 5.92 Å². The molecular formula is C24H20O4. The Morgan fingerprint density at radius 3 is 2.18 bits per heavy atom. The second kappa shape index (κ2) is 8.09. The number of ether oxygens (including phenoxy) is 2. The number of hydrogen-bond donors (Lipinski definition) is 0. The van der Waals surface area contributed by atoms with Gasteiger partial charge in [-0.15, -0.1) is 0 Å². The fourth-order valence-electron chi connectivity index (χ4n) is 3.38. The van der Waals surface area contributed by atoms with Gasteiger partial charge in [0.25, 0.3) is 0 Å². The lowest BCUT2D eigenvalue weighted by Gasteiger charge is -2.17. The van der Waals surface area contributed by atoms with Gasteiger partial charge in [-0.1, -0.05) is 54.6 Å². The Kier molecular flexibility index (Phi) is 5.20. The molecule has 3 aromatic carbocycles. The summed E-state index contributed by atoms with van der Waals surface area (Å²) in [5, 5.41) is 1.46. The lowest BCUT2D eigenvalue weighted by atomic mass is 9.95. The highest BCUT2D eigenvalue weighted by Crippen LogP contribution is 2.35. The van der Waals surface area contributed by atoms with Gasteiger partial charge in [0.2, 0.25) is 0 Å². The number of esters is 2. The molecule has 0 saturated carbocycles. The minimum Gasteiger partial charge on any atom is -0.426 e. The van der Waals surface area contributed by atoms with E-state index in [2.05, 4.69) is 6.08 Å². The topological polar surface area (TPSA) is 52.6 Å². The number of fused-ring (bicyclic) bond motifs is 1. The van der Waals surface area contributed by atoms with Crippen LogP contribution in [0, 0.1) is 5.92 Å². The highest BCUT2D eigenvalue weighted by molar-refractivity contribution is 5.99. The van der Waals surface area contributed by atoms with E-state index in [9.17, 15) is 9.59 Å². The first-order chi connectivity index (χ1) is 13.7. The highest BCUT2D eigenvalue weighted by Gasteiger charge is 2.22. The predicted octanol–water partition coefficient (Wildman–Crippen LogP) is 5.32. The van der Waals surface area contributed by atoms with Crippen LogP contribution in [-0.2, 0) is 4.79 Å². The van der Waals surface area contributed by atoms with Crippen LogP contribution in [0.5, 0.6) is 11.5 Å². The molecule has 0 aromatic heterocycles. The van der Waals surface area contributed by atoms with E-state index in [0.29, 0.717) is 28.9 Å². The second-order valence-electron chi connectivity index (χ2n) is 6.77. The Balaban J connectivity index is 1.65. The van der Waals surface area contributed by atoms with Crippen molar-refractivity contribution in [2.45, 2.75) is 19.3 Å². The lowest BCUT2D eigenvalue weighted by Crippen LogP contribution is -2.21. The quantitative estimate of drug-likeness (QED) is 0.353. The third-order valence-corrected chi connectivity index (χ3v) is 4.85.